The average Bonchev–Trinajstić information content (AvgIpc) is 2.84. The molecule has 0 aromatic heterocycles. The van der Waals surface area contributed by atoms with Gasteiger partial charge in [0.25, 0.3) is 5.91 Å². The molecule has 3 atom stereocenters. The van der Waals surface area contributed by atoms with Crippen LogP contribution in [0.4, 0.5) is 5.69 Å². The van der Waals surface area contributed by atoms with Crippen LogP contribution in [-0.4, -0.2) is 55.0 Å². The maximum atomic E-state index is 13.3. The fraction of sp³-hybridized carbons (Fsp3) is 0.385. The molecule has 34 heavy (non-hydrogen) atoms. The molecule has 3 fully saturated rings. The summed E-state index contributed by atoms with van der Waals surface area (Å²) in [5.41, 5.74) is 1.90. The summed E-state index contributed by atoms with van der Waals surface area (Å²) in [5.74, 6) is 0.134. The molecule has 0 radical (unpaired) electrons. The molecular formula is C26H27Cl2N3O3. The van der Waals surface area contributed by atoms with Gasteiger partial charge >= 0.3 is 0 Å². The van der Waals surface area contributed by atoms with Crippen molar-refractivity contribution < 1.29 is 14.3 Å². The van der Waals surface area contributed by atoms with Crippen LogP contribution >= 0.6 is 23.2 Å². The van der Waals surface area contributed by atoms with Crippen LogP contribution in [0.3, 0.4) is 0 Å². The van der Waals surface area contributed by atoms with E-state index in [0.717, 1.165) is 42.2 Å². The minimum absolute atomic E-state index is 0.0960. The van der Waals surface area contributed by atoms with Crippen molar-refractivity contribution in [3.8, 4) is 0 Å². The molecular weight excluding hydrogens is 473 g/mol. The third-order valence-corrected chi connectivity index (χ3v) is 7.34. The number of rotatable bonds is 3. The van der Waals surface area contributed by atoms with Crippen LogP contribution in [-0.2, 0) is 14.3 Å². The fourth-order valence-corrected chi connectivity index (χ4v) is 5.46. The second-order valence-corrected chi connectivity index (χ2v) is 9.97. The number of morpholine rings is 1. The minimum Gasteiger partial charge on any atom is -0.483 e. The van der Waals surface area contributed by atoms with Crippen LogP contribution < -0.4 is 10.2 Å². The monoisotopic (exact) mass is 499 g/mol. The zero-order chi connectivity index (χ0) is 23.7. The van der Waals surface area contributed by atoms with E-state index in [-0.39, 0.29) is 29.9 Å². The highest BCUT2D eigenvalue weighted by Gasteiger charge is 2.41. The van der Waals surface area contributed by atoms with E-state index in [1.807, 2.05) is 41.3 Å². The summed E-state index contributed by atoms with van der Waals surface area (Å²) in [6.45, 7) is 2.93. The molecule has 3 aliphatic rings. The lowest BCUT2D eigenvalue weighted by Gasteiger charge is -2.42. The largest absolute Gasteiger partial charge is 0.483 e. The van der Waals surface area contributed by atoms with Crippen molar-refractivity contribution in [2.45, 2.75) is 31.4 Å². The molecule has 0 bridgehead atoms. The molecule has 1 saturated carbocycles. The van der Waals surface area contributed by atoms with E-state index in [1.165, 1.54) is 0 Å². The zero-order valence-corrected chi connectivity index (χ0v) is 20.3. The van der Waals surface area contributed by atoms with Gasteiger partial charge in [0.1, 0.15) is 6.10 Å². The lowest BCUT2D eigenvalue weighted by Crippen LogP contribution is -2.56. The fourth-order valence-electron chi connectivity index (χ4n) is 5.08. The van der Waals surface area contributed by atoms with Gasteiger partial charge in [0, 0.05) is 47.8 Å². The van der Waals surface area contributed by atoms with Crippen molar-refractivity contribution in [2.75, 3.05) is 31.1 Å². The van der Waals surface area contributed by atoms with Crippen molar-refractivity contribution in [1.29, 1.82) is 0 Å². The second-order valence-electron chi connectivity index (χ2n) is 9.10. The predicted octanol–water partition coefficient (Wildman–Crippen LogP) is 4.37. The molecule has 8 heteroatoms. The van der Waals surface area contributed by atoms with Gasteiger partial charge in [-0.05, 0) is 61.2 Å². The number of hydrogen-bond acceptors (Lipinski definition) is 4. The van der Waals surface area contributed by atoms with Gasteiger partial charge in [-0.15, -0.1) is 0 Å². The number of amides is 2. The molecule has 6 nitrogen and oxygen atoms in total. The number of piperazine rings is 1. The number of nitrogens with one attached hydrogen (secondary N) is 1. The van der Waals surface area contributed by atoms with Gasteiger partial charge in [0.2, 0.25) is 5.91 Å². The highest BCUT2D eigenvalue weighted by atomic mass is 35.5. The molecule has 2 saturated heterocycles. The van der Waals surface area contributed by atoms with Crippen molar-refractivity contribution in [2.24, 2.45) is 5.92 Å². The second kappa shape index (κ2) is 9.88. The number of carbonyl (C=O) groups excluding carboxylic acids is 2. The molecule has 3 unspecified atom stereocenters. The summed E-state index contributed by atoms with van der Waals surface area (Å²) in [6, 6.07) is 15.0. The SMILES string of the molecule is O=C1NC2CC(C(=O)N3CCN(c4cccc(Cl)c4)CC3)CCC2O/C1=C/c1cccc(Cl)c1. The van der Waals surface area contributed by atoms with Gasteiger partial charge in [0.05, 0.1) is 6.04 Å². The van der Waals surface area contributed by atoms with Crippen molar-refractivity contribution in [1.82, 2.24) is 10.2 Å². The molecule has 1 N–H and O–H groups in total. The Bertz CT molecular complexity index is 1110. The van der Waals surface area contributed by atoms with Crippen LogP contribution in [0.2, 0.25) is 10.0 Å². The van der Waals surface area contributed by atoms with E-state index in [4.69, 9.17) is 27.9 Å². The molecule has 5 rings (SSSR count). The number of halogens is 2. The molecule has 178 valence electrons. The van der Waals surface area contributed by atoms with E-state index in [0.29, 0.717) is 30.3 Å². The average molecular weight is 500 g/mol. The van der Waals surface area contributed by atoms with E-state index < -0.39 is 0 Å². The first kappa shape index (κ1) is 23.1. The summed E-state index contributed by atoms with van der Waals surface area (Å²) >= 11 is 12.2. The Morgan fingerprint density at radius 1 is 1.00 bits per heavy atom. The van der Waals surface area contributed by atoms with Gasteiger partial charge in [-0.25, -0.2) is 0 Å². The molecule has 2 amide bonds. The highest BCUT2D eigenvalue weighted by molar-refractivity contribution is 6.31. The summed E-state index contributed by atoms with van der Waals surface area (Å²) in [6.07, 6.45) is 3.69. The smallest absolute Gasteiger partial charge is 0.286 e. The topological polar surface area (TPSA) is 61.9 Å². The standard InChI is InChI=1S/C26H27Cl2N3O3/c27-19-4-1-3-17(13-19)14-24-25(32)29-22-15-18(7-8-23(22)34-24)26(33)31-11-9-30(10-12-31)21-6-2-5-20(28)16-21/h1-6,13-14,16,18,22-23H,7-12,15H2,(H,29,32)/b24-14+. The van der Waals surface area contributed by atoms with Crippen LogP contribution in [0.25, 0.3) is 6.08 Å². The first-order valence-electron chi connectivity index (χ1n) is 11.7. The molecule has 0 spiro atoms. The molecule has 2 aromatic carbocycles. The number of anilines is 1. The molecule has 2 heterocycles. The van der Waals surface area contributed by atoms with Gasteiger partial charge in [-0.2, -0.15) is 0 Å². The van der Waals surface area contributed by atoms with Crippen LogP contribution in [0, 0.1) is 5.92 Å². The molecule has 2 aliphatic heterocycles. The summed E-state index contributed by atoms with van der Waals surface area (Å²) < 4.78 is 6.06. The van der Waals surface area contributed by atoms with E-state index in [1.54, 1.807) is 18.2 Å². The van der Waals surface area contributed by atoms with Crippen LogP contribution in [0.15, 0.2) is 54.3 Å². The van der Waals surface area contributed by atoms with Gasteiger partial charge < -0.3 is 19.9 Å². The third kappa shape index (κ3) is 5.03. The van der Waals surface area contributed by atoms with Gasteiger partial charge in [0.15, 0.2) is 5.76 Å². The summed E-state index contributed by atoms with van der Waals surface area (Å²) in [5, 5.41) is 4.39. The first-order chi connectivity index (χ1) is 16.5. The van der Waals surface area contributed by atoms with Crippen molar-refractivity contribution in [3.63, 3.8) is 0 Å². The number of hydrogen-bond donors (Lipinski definition) is 1. The lowest BCUT2D eigenvalue weighted by molar-refractivity contribution is -0.141. The summed E-state index contributed by atoms with van der Waals surface area (Å²) in [4.78, 5) is 30.1. The number of fused-ring (bicyclic) bond motifs is 1. The normalized spacial score (nSPS) is 26.0. The Balaban J connectivity index is 1.17. The van der Waals surface area contributed by atoms with Gasteiger partial charge in [-0.1, -0.05) is 41.4 Å². The highest BCUT2D eigenvalue weighted by Crippen LogP contribution is 2.33. The maximum Gasteiger partial charge on any atom is 0.286 e. The Labute approximate surface area is 209 Å². The molecule has 2 aromatic rings. The predicted molar refractivity (Wildman–Crippen MR) is 134 cm³/mol. The van der Waals surface area contributed by atoms with Crippen molar-refractivity contribution >= 4 is 46.8 Å². The maximum absolute atomic E-state index is 13.3. The number of carbonyl (C=O) groups is 2. The van der Waals surface area contributed by atoms with Crippen LogP contribution in [0.5, 0.6) is 0 Å². The third-order valence-electron chi connectivity index (χ3n) is 6.87. The zero-order valence-electron chi connectivity index (χ0n) is 18.8. The number of ether oxygens (including phenoxy) is 1. The quantitative estimate of drug-likeness (QED) is 0.637. The Kier molecular flexibility index (Phi) is 6.70. The van der Waals surface area contributed by atoms with E-state index in [2.05, 4.69) is 10.2 Å². The first-order valence-corrected chi connectivity index (χ1v) is 12.5. The number of nitrogens with zero attached hydrogens (tertiary/aromatic N) is 2. The van der Waals surface area contributed by atoms with E-state index in [9.17, 15) is 9.59 Å². The lowest BCUT2D eigenvalue weighted by atomic mass is 9.82. The minimum atomic E-state index is -0.246. The Morgan fingerprint density at radius 2 is 1.74 bits per heavy atom. The van der Waals surface area contributed by atoms with Crippen molar-refractivity contribution in [3.05, 3.63) is 69.9 Å². The van der Waals surface area contributed by atoms with Gasteiger partial charge in [-0.3, -0.25) is 9.59 Å². The van der Waals surface area contributed by atoms with Crippen LogP contribution in [0.1, 0.15) is 24.8 Å². The molecule has 1 aliphatic carbocycles. The summed E-state index contributed by atoms with van der Waals surface area (Å²) in [7, 11) is 0. The van der Waals surface area contributed by atoms with E-state index >= 15 is 0 Å². The Morgan fingerprint density at radius 3 is 2.47 bits per heavy atom. The Hall–Kier alpha value is -2.70. The number of benzene rings is 2.